The predicted molar refractivity (Wildman–Crippen MR) is 72.5 cm³/mol. The molecular formula is C12H14BrNO2S. The highest BCUT2D eigenvalue weighted by Crippen LogP contribution is 2.38. The van der Waals surface area contributed by atoms with Crippen molar-refractivity contribution in [1.29, 1.82) is 0 Å². The van der Waals surface area contributed by atoms with E-state index in [1.165, 1.54) is 0 Å². The molecule has 1 aromatic rings. The van der Waals surface area contributed by atoms with Gasteiger partial charge in [-0.2, -0.15) is 0 Å². The third kappa shape index (κ3) is 2.32. The van der Waals surface area contributed by atoms with E-state index in [0.717, 1.165) is 23.0 Å². The maximum atomic E-state index is 12.2. The van der Waals surface area contributed by atoms with Gasteiger partial charge >= 0.3 is 0 Å². The summed E-state index contributed by atoms with van der Waals surface area (Å²) in [5, 5.41) is 3.02. The molecule has 0 aliphatic carbocycles. The largest absolute Gasteiger partial charge is 0.320 e. The average Bonchev–Trinajstić information content (AvgIpc) is 2.54. The average molecular weight is 316 g/mol. The van der Waals surface area contributed by atoms with Crippen molar-refractivity contribution < 1.29 is 8.42 Å². The van der Waals surface area contributed by atoms with Gasteiger partial charge in [0, 0.05) is 14.9 Å². The van der Waals surface area contributed by atoms with E-state index < -0.39 is 9.84 Å². The molecule has 1 aliphatic rings. The summed E-state index contributed by atoms with van der Waals surface area (Å²) in [5.41, 5.74) is 0.784. The Kier molecular flexibility index (Phi) is 3.70. The number of hydrogen-bond acceptors (Lipinski definition) is 3. The third-order valence-electron chi connectivity index (χ3n) is 2.80. The number of hydrogen-bond donors (Lipinski definition) is 1. The van der Waals surface area contributed by atoms with E-state index in [1.807, 2.05) is 13.1 Å². The van der Waals surface area contributed by atoms with Gasteiger partial charge in [0.25, 0.3) is 0 Å². The van der Waals surface area contributed by atoms with Crippen LogP contribution in [0.25, 0.3) is 6.08 Å². The molecule has 5 heteroatoms. The molecule has 0 aromatic heterocycles. The maximum Gasteiger partial charge on any atom is 0.203 e. The molecule has 0 radical (unpaired) electrons. The standard InChI is InChI=1S/C12H14BrNO2S/c1-14-7-3-4-9-8-10-11(13)5-2-6-12(10)17(9,15)16/h2,5-6,8,14H,3-4,7H2,1H3. The highest BCUT2D eigenvalue weighted by molar-refractivity contribution is 9.10. The van der Waals surface area contributed by atoms with Gasteiger partial charge in [-0.3, -0.25) is 0 Å². The van der Waals surface area contributed by atoms with Crippen LogP contribution >= 0.6 is 15.9 Å². The molecule has 1 aliphatic heterocycles. The van der Waals surface area contributed by atoms with E-state index in [1.54, 1.807) is 18.2 Å². The molecule has 1 heterocycles. The van der Waals surface area contributed by atoms with Crippen LogP contribution in [0, 0.1) is 0 Å². The van der Waals surface area contributed by atoms with Gasteiger partial charge in [-0.1, -0.05) is 22.0 Å². The molecule has 2 rings (SSSR count). The molecule has 92 valence electrons. The molecule has 1 N–H and O–H groups in total. The molecule has 0 saturated carbocycles. The van der Waals surface area contributed by atoms with Gasteiger partial charge in [0.15, 0.2) is 0 Å². The van der Waals surface area contributed by atoms with Crippen molar-refractivity contribution in [2.75, 3.05) is 13.6 Å². The summed E-state index contributed by atoms with van der Waals surface area (Å²) in [4.78, 5) is 0.945. The molecule has 1 aromatic carbocycles. The zero-order valence-electron chi connectivity index (χ0n) is 9.53. The lowest BCUT2D eigenvalue weighted by molar-refractivity contribution is 0.600. The van der Waals surface area contributed by atoms with Gasteiger partial charge in [0.1, 0.15) is 0 Å². The first kappa shape index (κ1) is 12.8. The van der Waals surface area contributed by atoms with E-state index in [-0.39, 0.29) is 0 Å². The minimum atomic E-state index is -3.25. The monoisotopic (exact) mass is 315 g/mol. The maximum absolute atomic E-state index is 12.2. The van der Waals surface area contributed by atoms with E-state index in [4.69, 9.17) is 0 Å². The Morgan fingerprint density at radius 2 is 2.12 bits per heavy atom. The van der Waals surface area contributed by atoms with Crippen LogP contribution in [0.2, 0.25) is 0 Å². The Hall–Kier alpha value is -0.650. The predicted octanol–water partition coefficient (Wildman–Crippen LogP) is 2.58. The number of benzene rings is 1. The van der Waals surface area contributed by atoms with Gasteiger partial charge in [-0.15, -0.1) is 0 Å². The van der Waals surface area contributed by atoms with Gasteiger partial charge in [-0.05, 0) is 44.6 Å². The summed E-state index contributed by atoms with van der Waals surface area (Å²) < 4.78 is 25.3. The Labute approximate surface area is 110 Å². The van der Waals surface area contributed by atoms with Crippen molar-refractivity contribution in [1.82, 2.24) is 5.32 Å². The molecule has 0 saturated heterocycles. The lowest BCUT2D eigenvalue weighted by atomic mass is 10.2. The Balaban J connectivity index is 2.34. The second-order valence-corrected chi connectivity index (χ2v) is 6.80. The molecule has 17 heavy (non-hydrogen) atoms. The highest BCUT2D eigenvalue weighted by atomic mass is 79.9. The molecule has 0 spiro atoms. The highest BCUT2D eigenvalue weighted by Gasteiger charge is 2.29. The molecule has 3 nitrogen and oxygen atoms in total. The molecule has 0 atom stereocenters. The van der Waals surface area contributed by atoms with Crippen molar-refractivity contribution in [2.45, 2.75) is 17.7 Å². The van der Waals surface area contributed by atoms with E-state index in [2.05, 4.69) is 21.2 Å². The third-order valence-corrected chi connectivity index (χ3v) is 5.44. The minimum Gasteiger partial charge on any atom is -0.320 e. The number of halogens is 1. The number of fused-ring (bicyclic) bond motifs is 1. The zero-order chi connectivity index (χ0) is 12.5. The first-order valence-electron chi connectivity index (χ1n) is 5.46. The quantitative estimate of drug-likeness (QED) is 0.869. The Morgan fingerprint density at radius 3 is 2.76 bits per heavy atom. The summed E-state index contributed by atoms with van der Waals surface area (Å²) in [5.74, 6) is 0. The van der Waals surface area contributed by atoms with Crippen LogP contribution in [0.15, 0.2) is 32.5 Å². The number of rotatable bonds is 4. The van der Waals surface area contributed by atoms with E-state index in [0.29, 0.717) is 16.2 Å². The Morgan fingerprint density at radius 1 is 1.35 bits per heavy atom. The number of allylic oxidation sites excluding steroid dienone is 1. The summed E-state index contributed by atoms with van der Waals surface area (Å²) in [7, 11) is -1.38. The van der Waals surface area contributed by atoms with Gasteiger partial charge in [0.05, 0.1) is 4.90 Å². The second-order valence-electron chi connectivity index (χ2n) is 3.97. The number of sulfone groups is 1. The van der Waals surface area contributed by atoms with Crippen LogP contribution in [0.5, 0.6) is 0 Å². The Bertz CT molecular complexity index is 564. The summed E-state index contributed by atoms with van der Waals surface area (Å²) >= 11 is 3.39. The fraction of sp³-hybridized carbons (Fsp3) is 0.333. The second kappa shape index (κ2) is 4.92. The van der Waals surface area contributed by atoms with Gasteiger partial charge in [0.2, 0.25) is 9.84 Å². The lowest BCUT2D eigenvalue weighted by Gasteiger charge is -2.03. The van der Waals surface area contributed by atoms with Crippen molar-refractivity contribution in [3.8, 4) is 0 Å². The van der Waals surface area contributed by atoms with Crippen molar-refractivity contribution in [3.05, 3.63) is 33.1 Å². The van der Waals surface area contributed by atoms with Crippen LogP contribution in [-0.4, -0.2) is 22.0 Å². The van der Waals surface area contributed by atoms with Crippen molar-refractivity contribution in [3.63, 3.8) is 0 Å². The zero-order valence-corrected chi connectivity index (χ0v) is 11.9. The topological polar surface area (TPSA) is 46.2 Å². The minimum absolute atomic E-state index is 0.423. The first-order chi connectivity index (χ1) is 8.07. The molecule has 0 bridgehead atoms. The smallest absolute Gasteiger partial charge is 0.203 e. The van der Waals surface area contributed by atoms with Crippen molar-refractivity contribution in [2.24, 2.45) is 0 Å². The summed E-state index contributed by atoms with van der Waals surface area (Å²) in [6.07, 6.45) is 3.20. The molecule has 0 amide bonds. The van der Waals surface area contributed by atoms with Crippen LogP contribution in [0.1, 0.15) is 18.4 Å². The molecular weight excluding hydrogens is 302 g/mol. The molecule has 0 unspecified atom stereocenters. The fourth-order valence-electron chi connectivity index (χ4n) is 1.92. The summed E-state index contributed by atoms with van der Waals surface area (Å²) in [6, 6.07) is 5.28. The lowest BCUT2D eigenvalue weighted by Crippen LogP contribution is -2.09. The van der Waals surface area contributed by atoms with Crippen molar-refractivity contribution >= 4 is 31.8 Å². The number of nitrogens with one attached hydrogen (secondary N) is 1. The normalized spacial score (nSPS) is 16.7. The van der Waals surface area contributed by atoms with Crippen LogP contribution in [-0.2, 0) is 9.84 Å². The SMILES string of the molecule is CNCCCC1=Cc2c(Br)cccc2S1(=O)=O. The molecule has 0 fully saturated rings. The van der Waals surface area contributed by atoms with Crippen LogP contribution in [0.3, 0.4) is 0 Å². The van der Waals surface area contributed by atoms with Crippen LogP contribution < -0.4 is 5.32 Å². The van der Waals surface area contributed by atoms with Gasteiger partial charge < -0.3 is 5.32 Å². The first-order valence-corrected chi connectivity index (χ1v) is 7.74. The van der Waals surface area contributed by atoms with E-state index in [9.17, 15) is 8.42 Å². The summed E-state index contributed by atoms with van der Waals surface area (Å²) in [6.45, 7) is 0.824. The van der Waals surface area contributed by atoms with Crippen LogP contribution in [0.4, 0.5) is 0 Å². The fourth-order valence-corrected chi connectivity index (χ4v) is 4.21. The van der Waals surface area contributed by atoms with E-state index >= 15 is 0 Å². The van der Waals surface area contributed by atoms with Gasteiger partial charge in [-0.25, -0.2) is 8.42 Å².